The molecule has 0 aromatic carbocycles. The lowest BCUT2D eigenvalue weighted by Gasteiger charge is -2.11. The quantitative estimate of drug-likeness (QED) is 0.482. The molecule has 0 heterocycles. The molecule has 0 aromatic rings. The molecule has 1 atom stereocenters. The Labute approximate surface area is 58.4 Å². The van der Waals surface area contributed by atoms with Crippen LogP contribution in [0.2, 0.25) is 0 Å². The maximum absolute atomic E-state index is 10.5. The standard InChI is InChI=1S/C6H12O2S/c1-4-6(7)8-9(3)5-2/h4,9H,1,5H2,2-3H3. The molecule has 3 heteroatoms. The molecule has 9 heavy (non-hydrogen) atoms. The van der Waals surface area contributed by atoms with E-state index >= 15 is 0 Å². The van der Waals surface area contributed by atoms with Crippen LogP contribution in [0.15, 0.2) is 12.7 Å². The summed E-state index contributed by atoms with van der Waals surface area (Å²) in [5, 5.41) is 0. The Morgan fingerprint density at radius 2 is 2.44 bits per heavy atom. The zero-order valence-corrected chi connectivity index (χ0v) is 6.65. The molecule has 0 aliphatic heterocycles. The van der Waals surface area contributed by atoms with Crippen molar-refractivity contribution >= 4 is 17.1 Å². The van der Waals surface area contributed by atoms with Gasteiger partial charge < -0.3 is 4.18 Å². The lowest BCUT2D eigenvalue weighted by Crippen LogP contribution is -1.97. The summed E-state index contributed by atoms with van der Waals surface area (Å²) < 4.78 is 4.86. The number of rotatable bonds is 3. The highest BCUT2D eigenvalue weighted by Gasteiger charge is 1.97. The molecular formula is C6H12O2S. The maximum Gasteiger partial charge on any atom is 0.340 e. The third-order valence-electron chi connectivity index (χ3n) is 0.858. The summed E-state index contributed by atoms with van der Waals surface area (Å²) in [6.45, 7) is 5.27. The van der Waals surface area contributed by atoms with E-state index in [1.165, 1.54) is 6.08 Å². The van der Waals surface area contributed by atoms with Crippen molar-refractivity contribution in [2.45, 2.75) is 6.92 Å². The highest BCUT2D eigenvalue weighted by Crippen LogP contribution is 2.19. The fraction of sp³-hybridized carbons (Fsp3) is 0.500. The van der Waals surface area contributed by atoms with Crippen LogP contribution in [0.1, 0.15) is 6.92 Å². The van der Waals surface area contributed by atoms with Crippen molar-refractivity contribution in [3.05, 3.63) is 12.7 Å². The first-order chi connectivity index (χ1) is 4.20. The minimum Gasteiger partial charge on any atom is -0.415 e. The fourth-order valence-electron chi connectivity index (χ4n) is 0.255. The summed E-state index contributed by atoms with van der Waals surface area (Å²) >= 11 is -0.544. The van der Waals surface area contributed by atoms with Crippen molar-refractivity contribution in [1.29, 1.82) is 0 Å². The van der Waals surface area contributed by atoms with Gasteiger partial charge in [-0.05, 0) is 6.26 Å². The zero-order valence-electron chi connectivity index (χ0n) is 5.76. The second-order valence-corrected chi connectivity index (χ2v) is 3.63. The Kier molecular flexibility index (Phi) is 4.22. The van der Waals surface area contributed by atoms with E-state index in [1.54, 1.807) is 0 Å². The molecule has 54 valence electrons. The van der Waals surface area contributed by atoms with Crippen LogP contribution in [0, 0.1) is 0 Å². The van der Waals surface area contributed by atoms with Crippen molar-refractivity contribution in [3.8, 4) is 0 Å². The second kappa shape index (κ2) is 4.44. The Morgan fingerprint density at radius 3 is 2.78 bits per heavy atom. The van der Waals surface area contributed by atoms with E-state index in [-0.39, 0.29) is 5.97 Å². The topological polar surface area (TPSA) is 26.3 Å². The van der Waals surface area contributed by atoms with E-state index in [9.17, 15) is 4.79 Å². The van der Waals surface area contributed by atoms with Gasteiger partial charge in [0.15, 0.2) is 0 Å². The Hall–Kier alpha value is -0.440. The van der Waals surface area contributed by atoms with Crippen molar-refractivity contribution in [3.63, 3.8) is 0 Å². The van der Waals surface area contributed by atoms with Crippen LogP contribution in [-0.4, -0.2) is 18.0 Å². The maximum atomic E-state index is 10.5. The van der Waals surface area contributed by atoms with Crippen LogP contribution >= 0.6 is 11.2 Å². The SMILES string of the molecule is C=CC(=O)O[SH](C)CC. The number of hydrogen-bond acceptors (Lipinski definition) is 2. The molecule has 0 rings (SSSR count). The van der Waals surface area contributed by atoms with Gasteiger partial charge in [-0.15, -0.1) is 11.2 Å². The van der Waals surface area contributed by atoms with E-state index in [2.05, 4.69) is 6.58 Å². The number of thiol groups is 1. The van der Waals surface area contributed by atoms with Gasteiger partial charge >= 0.3 is 5.97 Å². The van der Waals surface area contributed by atoms with Crippen LogP contribution in [0.4, 0.5) is 0 Å². The molecule has 0 aliphatic rings. The van der Waals surface area contributed by atoms with E-state index in [0.717, 1.165) is 5.75 Å². The molecule has 0 aromatic heterocycles. The van der Waals surface area contributed by atoms with Crippen LogP contribution in [0.3, 0.4) is 0 Å². The molecule has 0 radical (unpaired) electrons. The normalized spacial score (nSPS) is 14.2. The van der Waals surface area contributed by atoms with Crippen molar-refractivity contribution in [2.24, 2.45) is 0 Å². The van der Waals surface area contributed by atoms with Gasteiger partial charge in [0.1, 0.15) is 0 Å². The van der Waals surface area contributed by atoms with E-state index in [4.69, 9.17) is 4.18 Å². The van der Waals surface area contributed by atoms with Gasteiger partial charge in [0, 0.05) is 11.8 Å². The first-order valence-corrected chi connectivity index (χ1v) is 4.65. The van der Waals surface area contributed by atoms with Crippen LogP contribution in [-0.2, 0) is 8.98 Å². The summed E-state index contributed by atoms with van der Waals surface area (Å²) in [5.74, 6) is 0.597. The summed E-state index contributed by atoms with van der Waals surface area (Å²) in [4.78, 5) is 10.5. The highest BCUT2D eigenvalue weighted by atomic mass is 32.2. The summed E-state index contributed by atoms with van der Waals surface area (Å²) in [6, 6.07) is 0. The van der Waals surface area contributed by atoms with Crippen molar-refractivity contribution in [2.75, 3.05) is 12.0 Å². The van der Waals surface area contributed by atoms with E-state index in [1.807, 2.05) is 13.2 Å². The Morgan fingerprint density at radius 1 is 1.89 bits per heavy atom. The largest absolute Gasteiger partial charge is 0.415 e. The molecule has 1 unspecified atom stereocenters. The van der Waals surface area contributed by atoms with Gasteiger partial charge in [-0.1, -0.05) is 13.5 Å². The molecular weight excluding hydrogens is 136 g/mol. The van der Waals surface area contributed by atoms with Gasteiger partial charge in [-0.25, -0.2) is 4.79 Å². The first kappa shape index (κ1) is 8.56. The zero-order chi connectivity index (χ0) is 7.28. The average Bonchev–Trinajstić information content (AvgIpc) is 1.87. The predicted molar refractivity (Wildman–Crippen MR) is 41.7 cm³/mol. The third-order valence-corrected chi connectivity index (χ3v) is 2.24. The minimum absolute atomic E-state index is 0.314. The fourth-order valence-corrected chi connectivity index (χ4v) is 0.766. The van der Waals surface area contributed by atoms with Crippen LogP contribution in [0.5, 0.6) is 0 Å². The minimum atomic E-state index is -0.544. The monoisotopic (exact) mass is 148 g/mol. The highest BCUT2D eigenvalue weighted by molar-refractivity contribution is 8.12. The van der Waals surface area contributed by atoms with Gasteiger partial charge in [0.05, 0.1) is 0 Å². The Balaban J connectivity index is 3.46. The number of carbonyl (C=O) groups excluding carboxylic acids is 1. The van der Waals surface area contributed by atoms with Gasteiger partial charge in [-0.2, -0.15) is 0 Å². The Bertz CT molecular complexity index is 112. The molecule has 0 fully saturated rings. The van der Waals surface area contributed by atoms with Gasteiger partial charge in [-0.3, -0.25) is 0 Å². The molecule has 0 N–H and O–H groups in total. The van der Waals surface area contributed by atoms with Gasteiger partial charge in [0.2, 0.25) is 0 Å². The molecule has 0 aliphatic carbocycles. The van der Waals surface area contributed by atoms with E-state index in [0.29, 0.717) is 0 Å². The molecule has 0 saturated carbocycles. The molecule has 0 amide bonds. The van der Waals surface area contributed by atoms with Crippen molar-refractivity contribution in [1.82, 2.24) is 0 Å². The van der Waals surface area contributed by atoms with Crippen LogP contribution < -0.4 is 0 Å². The predicted octanol–water partition coefficient (Wildman–Crippen LogP) is 1.28. The van der Waals surface area contributed by atoms with Crippen LogP contribution in [0.25, 0.3) is 0 Å². The number of carbonyl (C=O) groups is 1. The first-order valence-electron chi connectivity index (χ1n) is 2.76. The molecule has 2 nitrogen and oxygen atoms in total. The molecule has 0 saturated heterocycles. The molecule has 0 spiro atoms. The lowest BCUT2D eigenvalue weighted by molar-refractivity contribution is -0.127. The third kappa shape index (κ3) is 4.09. The lowest BCUT2D eigenvalue weighted by atomic mass is 10.7. The summed E-state index contributed by atoms with van der Waals surface area (Å²) in [6.07, 6.45) is 3.10. The summed E-state index contributed by atoms with van der Waals surface area (Å²) in [7, 11) is 0. The smallest absolute Gasteiger partial charge is 0.340 e. The second-order valence-electron chi connectivity index (χ2n) is 1.56. The van der Waals surface area contributed by atoms with Crippen molar-refractivity contribution < 1.29 is 8.98 Å². The summed E-state index contributed by atoms with van der Waals surface area (Å²) in [5.41, 5.74) is 0. The average molecular weight is 148 g/mol. The molecule has 0 bridgehead atoms. The number of hydrogen-bond donors (Lipinski definition) is 1. The van der Waals surface area contributed by atoms with Gasteiger partial charge in [0.25, 0.3) is 0 Å². The van der Waals surface area contributed by atoms with E-state index < -0.39 is 11.2 Å².